The Kier molecular flexibility index (Phi) is 9.36. The number of esters is 1. The maximum absolute atomic E-state index is 13.2. The molecule has 31 heavy (non-hydrogen) atoms. The third-order valence-electron chi connectivity index (χ3n) is 3.84. The minimum atomic E-state index is -0.584. The highest BCUT2D eigenvalue weighted by molar-refractivity contribution is 7.80. The van der Waals surface area contributed by atoms with Crippen molar-refractivity contribution in [3.05, 3.63) is 58.9 Å². The lowest BCUT2D eigenvalue weighted by Gasteiger charge is -2.11. The molecule has 0 aliphatic rings. The normalized spacial score (nSPS) is 10.2. The van der Waals surface area contributed by atoms with Gasteiger partial charge in [-0.05, 0) is 55.0 Å². The second-order valence-corrected chi connectivity index (χ2v) is 7.20. The smallest absolute Gasteiger partial charge is 0.306 e. The standard InChI is InChI=1S/C21H21ClFN3O4S/c1-2-10-30-19(28)9-8-18(27)26-21(31)25-14-5-3-4-13(11-14)20(29)24-15-6-7-17(23)16(22)12-15/h3-7,11-12H,2,8-10H2,1H3,(H,24,29)(H2,25,26,27,31). The molecule has 3 N–H and O–H groups in total. The Labute approximate surface area is 189 Å². The Morgan fingerprint density at radius 1 is 1.06 bits per heavy atom. The van der Waals surface area contributed by atoms with Gasteiger partial charge in [-0.2, -0.15) is 0 Å². The molecule has 0 unspecified atom stereocenters. The van der Waals surface area contributed by atoms with Gasteiger partial charge in [-0.3, -0.25) is 14.4 Å². The molecule has 0 radical (unpaired) electrons. The van der Waals surface area contributed by atoms with Gasteiger partial charge in [0.15, 0.2) is 5.11 Å². The van der Waals surface area contributed by atoms with Gasteiger partial charge in [-0.1, -0.05) is 24.6 Å². The summed E-state index contributed by atoms with van der Waals surface area (Å²) in [4.78, 5) is 35.8. The molecule has 10 heteroatoms. The number of nitrogens with one attached hydrogen (secondary N) is 3. The molecule has 0 aromatic heterocycles. The molecule has 164 valence electrons. The van der Waals surface area contributed by atoms with Crippen LogP contribution < -0.4 is 16.0 Å². The van der Waals surface area contributed by atoms with Crippen LogP contribution in [0.2, 0.25) is 5.02 Å². The van der Waals surface area contributed by atoms with Crippen molar-refractivity contribution < 1.29 is 23.5 Å². The van der Waals surface area contributed by atoms with Gasteiger partial charge in [0.25, 0.3) is 5.91 Å². The molecule has 0 atom stereocenters. The van der Waals surface area contributed by atoms with Gasteiger partial charge in [0.2, 0.25) is 5.91 Å². The van der Waals surface area contributed by atoms with Gasteiger partial charge >= 0.3 is 5.97 Å². The second-order valence-electron chi connectivity index (χ2n) is 6.39. The van der Waals surface area contributed by atoms with Crippen LogP contribution in [-0.4, -0.2) is 29.5 Å². The highest BCUT2D eigenvalue weighted by Gasteiger charge is 2.11. The van der Waals surface area contributed by atoms with E-state index in [0.29, 0.717) is 30.0 Å². The second kappa shape index (κ2) is 12.0. The van der Waals surface area contributed by atoms with Crippen LogP contribution in [0.25, 0.3) is 0 Å². The first kappa shape index (κ1) is 24.2. The maximum atomic E-state index is 13.2. The largest absolute Gasteiger partial charge is 0.466 e. The van der Waals surface area contributed by atoms with Crippen LogP contribution in [0.3, 0.4) is 0 Å². The zero-order valence-electron chi connectivity index (χ0n) is 16.7. The molecule has 0 aliphatic carbocycles. The third-order valence-corrected chi connectivity index (χ3v) is 4.33. The molecule has 7 nitrogen and oxygen atoms in total. The van der Waals surface area contributed by atoms with Crippen LogP contribution in [0.15, 0.2) is 42.5 Å². The molecule has 0 aliphatic heterocycles. The van der Waals surface area contributed by atoms with E-state index in [2.05, 4.69) is 16.0 Å². The van der Waals surface area contributed by atoms with Gasteiger partial charge in [-0.15, -0.1) is 0 Å². The van der Waals surface area contributed by atoms with Crippen molar-refractivity contribution in [2.75, 3.05) is 17.2 Å². The fourth-order valence-corrected chi connectivity index (χ4v) is 2.78. The average Bonchev–Trinajstić information content (AvgIpc) is 2.73. The van der Waals surface area contributed by atoms with Crippen molar-refractivity contribution in [3.8, 4) is 0 Å². The van der Waals surface area contributed by atoms with Gasteiger partial charge in [-0.25, -0.2) is 4.39 Å². The lowest BCUT2D eigenvalue weighted by Crippen LogP contribution is -2.34. The number of rotatable bonds is 8. The number of ether oxygens (including phenoxy) is 1. The van der Waals surface area contributed by atoms with E-state index in [1.807, 2.05) is 6.92 Å². The maximum Gasteiger partial charge on any atom is 0.306 e. The van der Waals surface area contributed by atoms with E-state index < -0.39 is 23.6 Å². The summed E-state index contributed by atoms with van der Waals surface area (Å²) in [7, 11) is 0. The molecule has 0 spiro atoms. The van der Waals surface area contributed by atoms with Crippen LogP contribution in [0.1, 0.15) is 36.5 Å². The van der Waals surface area contributed by atoms with E-state index in [1.54, 1.807) is 18.2 Å². The predicted molar refractivity (Wildman–Crippen MR) is 121 cm³/mol. The van der Waals surface area contributed by atoms with Gasteiger partial charge in [0.05, 0.1) is 18.1 Å². The van der Waals surface area contributed by atoms with E-state index in [0.717, 1.165) is 6.07 Å². The summed E-state index contributed by atoms with van der Waals surface area (Å²) in [5, 5.41) is 7.80. The van der Waals surface area contributed by atoms with Gasteiger partial charge < -0.3 is 20.7 Å². The number of anilines is 2. The number of hydrogen-bond acceptors (Lipinski definition) is 5. The van der Waals surface area contributed by atoms with Gasteiger partial charge in [0, 0.05) is 23.4 Å². The molecule has 0 saturated heterocycles. The molecule has 0 fully saturated rings. The summed E-state index contributed by atoms with van der Waals surface area (Å²) in [5.41, 5.74) is 1.12. The van der Waals surface area contributed by atoms with Crippen molar-refractivity contribution in [2.45, 2.75) is 26.2 Å². The topological polar surface area (TPSA) is 96.5 Å². The highest BCUT2D eigenvalue weighted by atomic mass is 35.5. The summed E-state index contributed by atoms with van der Waals surface area (Å²) in [6.07, 6.45) is 0.602. The lowest BCUT2D eigenvalue weighted by atomic mass is 10.2. The number of amides is 2. The molecule has 0 saturated carbocycles. The van der Waals surface area contributed by atoms with Crippen molar-refractivity contribution in [2.24, 2.45) is 0 Å². The number of hydrogen-bond donors (Lipinski definition) is 3. The van der Waals surface area contributed by atoms with Crippen molar-refractivity contribution >= 4 is 58.1 Å². The van der Waals surface area contributed by atoms with Crippen molar-refractivity contribution in [3.63, 3.8) is 0 Å². The number of thiocarbonyl (C=S) groups is 1. The summed E-state index contributed by atoms with van der Waals surface area (Å²) >= 11 is 10.8. The molecule has 2 rings (SSSR count). The molecular weight excluding hydrogens is 445 g/mol. The Morgan fingerprint density at radius 3 is 2.52 bits per heavy atom. The van der Waals surface area contributed by atoms with E-state index in [-0.39, 0.29) is 23.0 Å². The number of benzene rings is 2. The quantitative estimate of drug-likeness (QED) is 0.398. The van der Waals surface area contributed by atoms with Crippen molar-refractivity contribution in [1.29, 1.82) is 0 Å². The first-order chi connectivity index (χ1) is 14.8. The zero-order valence-corrected chi connectivity index (χ0v) is 18.2. The Bertz CT molecular complexity index is 987. The Hall–Kier alpha value is -3.04. The molecule has 2 amide bonds. The van der Waals surface area contributed by atoms with Crippen LogP contribution >= 0.6 is 23.8 Å². The van der Waals surface area contributed by atoms with Crippen LogP contribution in [-0.2, 0) is 14.3 Å². The number of halogens is 2. The summed E-state index contributed by atoms with van der Waals surface area (Å²) in [6.45, 7) is 2.19. The monoisotopic (exact) mass is 465 g/mol. The van der Waals surface area contributed by atoms with Gasteiger partial charge in [0.1, 0.15) is 5.82 Å². The molecular formula is C21H21ClFN3O4S. The first-order valence-corrected chi connectivity index (χ1v) is 10.2. The van der Waals surface area contributed by atoms with E-state index in [1.165, 1.54) is 18.2 Å². The third kappa shape index (κ3) is 8.31. The Morgan fingerprint density at radius 2 is 1.81 bits per heavy atom. The van der Waals surface area contributed by atoms with Crippen LogP contribution in [0.4, 0.5) is 15.8 Å². The summed E-state index contributed by atoms with van der Waals surface area (Å²) < 4.78 is 18.1. The fourth-order valence-electron chi connectivity index (χ4n) is 2.37. The number of carbonyl (C=O) groups excluding carboxylic acids is 3. The summed E-state index contributed by atoms with van der Waals surface area (Å²) in [5.74, 6) is -1.91. The minimum Gasteiger partial charge on any atom is -0.466 e. The first-order valence-electron chi connectivity index (χ1n) is 9.41. The average molecular weight is 466 g/mol. The molecule has 2 aromatic carbocycles. The lowest BCUT2D eigenvalue weighted by molar-refractivity contribution is -0.144. The van der Waals surface area contributed by atoms with E-state index >= 15 is 0 Å². The van der Waals surface area contributed by atoms with Crippen LogP contribution in [0.5, 0.6) is 0 Å². The predicted octanol–water partition coefficient (Wildman–Crippen LogP) is 4.28. The zero-order chi connectivity index (χ0) is 22.8. The molecule has 0 bridgehead atoms. The molecule has 2 aromatic rings. The minimum absolute atomic E-state index is 0.0230. The van der Waals surface area contributed by atoms with E-state index in [9.17, 15) is 18.8 Å². The Balaban J connectivity index is 1.88. The SMILES string of the molecule is CCCOC(=O)CCC(=O)NC(=S)Nc1cccc(C(=O)Nc2ccc(F)c(Cl)c2)c1. The highest BCUT2D eigenvalue weighted by Crippen LogP contribution is 2.20. The van der Waals surface area contributed by atoms with Crippen LogP contribution in [0, 0.1) is 5.82 Å². The number of carbonyl (C=O) groups is 3. The fraction of sp³-hybridized carbons (Fsp3) is 0.238. The van der Waals surface area contributed by atoms with Crippen molar-refractivity contribution in [1.82, 2.24) is 5.32 Å². The molecule has 0 heterocycles. The summed E-state index contributed by atoms with van der Waals surface area (Å²) in [6, 6.07) is 10.2. The van der Waals surface area contributed by atoms with E-state index in [4.69, 9.17) is 28.6 Å².